The Balaban J connectivity index is 1.39. The van der Waals surface area contributed by atoms with E-state index in [0.29, 0.717) is 25.5 Å². The van der Waals surface area contributed by atoms with Crippen LogP contribution in [-0.4, -0.2) is 22.5 Å². The Kier molecular flexibility index (Phi) is 6.55. The molecule has 0 bridgehead atoms. The van der Waals surface area contributed by atoms with Crippen LogP contribution in [0.5, 0.6) is 5.88 Å². The van der Waals surface area contributed by atoms with E-state index in [9.17, 15) is 4.79 Å². The van der Waals surface area contributed by atoms with E-state index in [1.807, 2.05) is 37.3 Å². The monoisotopic (exact) mass is 369 g/mol. The van der Waals surface area contributed by atoms with Crippen LogP contribution < -0.4 is 10.1 Å². The Morgan fingerprint density at radius 3 is 2.92 bits per heavy atom. The number of carbonyl (C=O) groups is 1. The van der Waals surface area contributed by atoms with Gasteiger partial charge in [-0.25, -0.2) is 9.97 Å². The van der Waals surface area contributed by atoms with E-state index >= 15 is 0 Å². The standard InChI is InChI=1S/C20H23N3O2S/c1-2-25-20-15(8-7-13-21-20)14-22-18(24)11-5-6-12-19-23-16-9-3-4-10-17(16)26-19/h3-4,7-10,13H,2,5-6,11-12,14H2,1H3,(H,22,24). The Hall–Kier alpha value is -2.47. The maximum atomic E-state index is 12.1. The number of nitrogens with zero attached hydrogens (tertiary/aromatic N) is 2. The van der Waals surface area contributed by atoms with Crippen molar-refractivity contribution in [3.8, 4) is 5.88 Å². The Labute approximate surface area is 157 Å². The van der Waals surface area contributed by atoms with E-state index in [1.54, 1.807) is 17.5 Å². The van der Waals surface area contributed by atoms with Gasteiger partial charge in [0.15, 0.2) is 0 Å². The molecule has 0 spiro atoms. The number of pyridine rings is 1. The molecular weight excluding hydrogens is 346 g/mol. The topological polar surface area (TPSA) is 64.1 Å². The van der Waals surface area contributed by atoms with E-state index in [4.69, 9.17) is 4.74 Å². The molecular formula is C20H23N3O2S. The number of thiazole rings is 1. The van der Waals surface area contributed by atoms with Crippen molar-refractivity contribution in [2.45, 2.75) is 39.2 Å². The molecule has 6 heteroatoms. The highest BCUT2D eigenvalue weighted by Crippen LogP contribution is 2.22. The molecule has 1 N–H and O–H groups in total. The van der Waals surface area contributed by atoms with Gasteiger partial charge in [0, 0.05) is 24.7 Å². The van der Waals surface area contributed by atoms with Gasteiger partial charge in [-0.15, -0.1) is 11.3 Å². The van der Waals surface area contributed by atoms with Gasteiger partial charge in [-0.3, -0.25) is 4.79 Å². The minimum absolute atomic E-state index is 0.0561. The molecule has 1 amide bonds. The quantitative estimate of drug-likeness (QED) is 0.576. The molecule has 0 radical (unpaired) electrons. The second-order valence-electron chi connectivity index (χ2n) is 5.96. The van der Waals surface area contributed by atoms with Crippen molar-refractivity contribution < 1.29 is 9.53 Å². The predicted molar refractivity (Wildman–Crippen MR) is 104 cm³/mol. The fourth-order valence-electron chi connectivity index (χ4n) is 2.70. The number of aromatic nitrogens is 2. The normalized spacial score (nSPS) is 10.8. The van der Waals surface area contributed by atoms with Crippen molar-refractivity contribution >= 4 is 27.5 Å². The van der Waals surface area contributed by atoms with Crippen LogP contribution in [-0.2, 0) is 17.8 Å². The van der Waals surface area contributed by atoms with Crippen LogP contribution in [0.25, 0.3) is 10.2 Å². The third kappa shape index (κ3) is 5.02. The molecule has 5 nitrogen and oxygen atoms in total. The summed E-state index contributed by atoms with van der Waals surface area (Å²) in [7, 11) is 0. The molecule has 0 atom stereocenters. The van der Waals surface area contributed by atoms with Crippen molar-refractivity contribution in [3.05, 3.63) is 53.2 Å². The van der Waals surface area contributed by atoms with Gasteiger partial charge in [0.2, 0.25) is 11.8 Å². The number of ether oxygens (including phenoxy) is 1. The van der Waals surface area contributed by atoms with Crippen molar-refractivity contribution in [2.75, 3.05) is 6.61 Å². The SMILES string of the molecule is CCOc1ncccc1CNC(=O)CCCCc1nc2ccccc2s1. The molecule has 26 heavy (non-hydrogen) atoms. The first-order chi connectivity index (χ1) is 12.8. The summed E-state index contributed by atoms with van der Waals surface area (Å²) in [5.41, 5.74) is 1.96. The smallest absolute Gasteiger partial charge is 0.220 e. The van der Waals surface area contributed by atoms with Gasteiger partial charge < -0.3 is 10.1 Å². The number of carbonyl (C=O) groups excluding carboxylic acids is 1. The molecule has 2 heterocycles. The number of hydrogen-bond acceptors (Lipinski definition) is 5. The van der Waals surface area contributed by atoms with Gasteiger partial charge >= 0.3 is 0 Å². The number of unbranched alkanes of at least 4 members (excludes halogenated alkanes) is 1. The van der Waals surface area contributed by atoms with Crippen molar-refractivity contribution in [1.82, 2.24) is 15.3 Å². The zero-order valence-corrected chi connectivity index (χ0v) is 15.7. The zero-order valence-electron chi connectivity index (χ0n) is 14.9. The number of nitrogens with one attached hydrogen (secondary N) is 1. The molecule has 136 valence electrons. The molecule has 0 aliphatic carbocycles. The molecule has 3 aromatic rings. The van der Waals surface area contributed by atoms with Crippen LogP contribution in [0.2, 0.25) is 0 Å². The lowest BCUT2D eigenvalue weighted by molar-refractivity contribution is -0.121. The van der Waals surface area contributed by atoms with Crippen LogP contribution in [0, 0.1) is 0 Å². The number of benzene rings is 1. The molecule has 2 aromatic heterocycles. The Morgan fingerprint density at radius 1 is 1.19 bits per heavy atom. The number of fused-ring (bicyclic) bond motifs is 1. The summed E-state index contributed by atoms with van der Waals surface area (Å²) in [5, 5.41) is 4.09. The first-order valence-corrected chi connectivity index (χ1v) is 9.75. The van der Waals surface area contributed by atoms with E-state index < -0.39 is 0 Å². The van der Waals surface area contributed by atoms with Crippen LogP contribution in [0.4, 0.5) is 0 Å². The van der Waals surface area contributed by atoms with Gasteiger partial charge in [-0.2, -0.15) is 0 Å². The maximum absolute atomic E-state index is 12.1. The van der Waals surface area contributed by atoms with Crippen LogP contribution in [0.15, 0.2) is 42.6 Å². The van der Waals surface area contributed by atoms with E-state index in [-0.39, 0.29) is 5.91 Å². The fourth-order valence-corrected chi connectivity index (χ4v) is 3.71. The van der Waals surface area contributed by atoms with Gasteiger partial charge in [0.1, 0.15) is 0 Å². The lowest BCUT2D eigenvalue weighted by Gasteiger charge is -2.09. The minimum atomic E-state index is 0.0561. The first kappa shape index (κ1) is 18.3. The largest absolute Gasteiger partial charge is 0.478 e. The average Bonchev–Trinajstić information content (AvgIpc) is 3.07. The van der Waals surface area contributed by atoms with Crippen molar-refractivity contribution in [2.24, 2.45) is 0 Å². The molecule has 0 saturated heterocycles. The third-order valence-electron chi connectivity index (χ3n) is 3.99. The second kappa shape index (κ2) is 9.29. The minimum Gasteiger partial charge on any atom is -0.478 e. The maximum Gasteiger partial charge on any atom is 0.220 e. The molecule has 0 aliphatic heterocycles. The first-order valence-electron chi connectivity index (χ1n) is 8.94. The number of para-hydroxylation sites is 1. The summed E-state index contributed by atoms with van der Waals surface area (Å²) in [6.07, 6.45) is 4.95. The Morgan fingerprint density at radius 2 is 2.08 bits per heavy atom. The van der Waals surface area contributed by atoms with E-state index in [1.165, 1.54) is 4.70 Å². The molecule has 0 fully saturated rings. The van der Waals surface area contributed by atoms with Gasteiger partial charge in [-0.05, 0) is 44.4 Å². The second-order valence-corrected chi connectivity index (χ2v) is 7.08. The molecule has 3 rings (SSSR count). The summed E-state index contributed by atoms with van der Waals surface area (Å²) in [6.45, 7) is 2.92. The summed E-state index contributed by atoms with van der Waals surface area (Å²) < 4.78 is 6.70. The summed E-state index contributed by atoms with van der Waals surface area (Å²) in [5.74, 6) is 0.645. The lowest BCUT2D eigenvalue weighted by Crippen LogP contribution is -2.22. The summed E-state index contributed by atoms with van der Waals surface area (Å²) >= 11 is 1.74. The highest BCUT2D eigenvalue weighted by atomic mass is 32.1. The van der Waals surface area contributed by atoms with Crippen LogP contribution in [0.3, 0.4) is 0 Å². The fraction of sp³-hybridized carbons (Fsp3) is 0.350. The van der Waals surface area contributed by atoms with Gasteiger partial charge in [-0.1, -0.05) is 18.2 Å². The number of aryl methyl sites for hydroxylation is 1. The highest BCUT2D eigenvalue weighted by Gasteiger charge is 2.07. The average molecular weight is 369 g/mol. The molecule has 0 aliphatic rings. The van der Waals surface area contributed by atoms with Gasteiger partial charge in [0.05, 0.1) is 21.8 Å². The van der Waals surface area contributed by atoms with Crippen molar-refractivity contribution in [1.29, 1.82) is 0 Å². The van der Waals surface area contributed by atoms with Crippen LogP contribution in [0.1, 0.15) is 36.8 Å². The number of hydrogen-bond donors (Lipinski definition) is 1. The summed E-state index contributed by atoms with van der Waals surface area (Å²) in [4.78, 5) is 20.9. The summed E-state index contributed by atoms with van der Waals surface area (Å²) in [6, 6.07) is 12.0. The number of rotatable bonds is 9. The zero-order chi connectivity index (χ0) is 18.2. The molecule has 0 unspecified atom stereocenters. The molecule has 1 aromatic carbocycles. The van der Waals surface area contributed by atoms with Crippen LogP contribution >= 0.6 is 11.3 Å². The lowest BCUT2D eigenvalue weighted by atomic mass is 10.2. The van der Waals surface area contributed by atoms with Crippen molar-refractivity contribution in [3.63, 3.8) is 0 Å². The van der Waals surface area contributed by atoms with E-state index in [0.717, 1.165) is 35.4 Å². The third-order valence-corrected chi connectivity index (χ3v) is 5.09. The Bertz CT molecular complexity index is 830. The van der Waals surface area contributed by atoms with Gasteiger partial charge in [0.25, 0.3) is 0 Å². The molecule has 0 saturated carbocycles. The predicted octanol–water partition coefficient (Wildman–Crippen LogP) is 4.12. The van der Waals surface area contributed by atoms with E-state index in [2.05, 4.69) is 21.4 Å². The highest BCUT2D eigenvalue weighted by molar-refractivity contribution is 7.18. The number of amides is 1.